The monoisotopic (exact) mass is 348 g/mol. The summed E-state index contributed by atoms with van der Waals surface area (Å²) in [6.07, 6.45) is 2.93. The molecule has 0 saturated carbocycles. The Bertz CT molecular complexity index is 783. The average Bonchev–Trinajstić information content (AvgIpc) is 2.61. The van der Waals surface area contributed by atoms with Gasteiger partial charge in [0.25, 0.3) is 0 Å². The van der Waals surface area contributed by atoms with Gasteiger partial charge in [0.2, 0.25) is 0 Å². The standard InChI is InChI=1S/C18H17ClO5/c1-22-12-6-4-11(16(10-12)24-3)5-8-14(20)13-7-9-15(23-2)17(19)18(13)21/h4-10,21H,1-3H3/b8-5+. The summed E-state index contributed by atoms with van der Waals surface area (Å²) in [6, 6.07) is 8.22. The number of rotatable bonds is 6. The van der Waals surface area contributed by atoms with Crippen molar-refractivity contribution >= 4 is 23.5 Å². The van der Waals surface area contributed by atoms with Crippen molar-refractivity contribution in [2.45, 2.75) is 0 Å². The first-order valence-electron chi connectivity index (χ1n) is 7.01. The number of methoxy groups -OCH3 is 3. The summed E-state index contributed by atoms with van der Waals surface area (Å²) < 4.78 is 15.4. The summed E-state index contributed by atoms with van der Waals surface area (Å²) in [5, 5.41) is 10.0. The van der Waals surface area contributed by atoms with Crippen molar-refractivity contribution in [2.75, 3.05) is 21.3 Å². The Labute approximate surface area is 145 Å². The molecule has 24 heavy (non-hydrogen) atoms. The predicted molar refractivity (Wildman–Crippen MR) is 92.6 cm³/mol. The first kappa shape index (κ1) is 17.7. The van der Waals surface area contributed by atoms with Crippen LogP contribution in [0, 0.1) is 0 Å². The predicted octanol–water partition coefficient (Wildman–Crippen LogP) is 3.97. The van der Waals surface area contributed by atoms with Gasteiger partial charge in [-0.1, -0.05) is 11.6 Å². The number of phenolic OH excluding ortho intramolecular Hbond substituents is 1. The molecule has 2 aromatic rings. The molecule has 0 fully saturated rings. The van der Waals surface area contributed by atoms with E-state index in [1.807, 2.05) is 0 Å². The van der Waals surface area contributed by atoms with E-state index < -0.39 is 5.78 Å². The minimum atomic E-state index is -0.394. The molecule has 2 rings (SSSR count). The molecule has 0 radical (unpaired) electrons. The minimum absolute atomic E-state index is 0.00113. The molecule has 0 aromatic heterocycles. The van der Waals surface area contributed by atoms with Crippen LogP contribution in [0.2, 0.25) is 5.02 Å². The molecule has 0 spiro atoms. The fraction of sp³-hybridized carbons (Fsp3) is 0.167. The zero-order chi connectivity index (χ0) is 17.7. The molecule has 0 bridgehead atoms. The minimum Gasteiger partial charge on any atom is -0.505 e. The maximum Gasteiger partial charge on any atom is 0.189 e. The number of aromatic hydroxyl groups is 1. The number of carbonyl (C=O) groups is 1. The lowest BCUT2D eigenvalue weighted by Gasteiger charge is -2.08. The van der Waals surface area contributed by atoms with Crippen LogP contribution in [0.1, 0.15) is 15.9 Å². The molecule has 0 aliphatic carbocycles. The molecule has 0 saturated heterocycles. The molecule has 5 nitrogen and oxygen atoms in total. The van der Waals surface area contributed by atoms with E-state index in [1.165, 1.54) is 32.4 Å². The molecule has 0 unspecified atom stereocenters. The van der Waals surface area contributed by atoms with Crippen LogP contribution in [0.15, 0.2) is 36.4 Å². The zero-order valence-electron chi connectivity index (χ0n) is 13.5. The number of benzene rings is 2. The third kappa shape index (κ3) is 3.63. The summed E-state index contributed by atoms with van der Waals surface area (Å²) in [6.45, 7) is 0. The van der Waals surface area contributed by atoms with Gasteiger partial charge < -0.3 is 19.3 Å². The second kappa shape index (κ2) is 7.75. The lowest BCUT2D eigenvalue weighted by atomic mass is 10.1. The van der Waals surface area contributed by atoms with Crippen molar-refractivity contribution in [3.8, 4) is 23.0 Å². The van der Waals surface area contributed by atoms with Crippen LogP contribution in [0.25, 0.3) is 6.08 Å². The van der Waals surface area contributed by atoms with E-state index in [4.69, 9.17) is 25.8 Å². The molecular formula is C18H17ClO5. The summed E-state index contributed by atoms with van der Waals surface area (Å²) in [7, 11) is 4.52. The number of carbonyl (C=O) groups excluding carboxylic acids is 1. The molecule has 2 aromatic carbocycles. The van der Waals surface area contributed by atoms with Crippen molar-refractivity contribution in [3.63, 3.8) is 0 Å². The van der Waals surface area contributed by atoms with Crippen molar-refractivity contribution in [2.24, 2.45) is 0 Å². The highest BCUT2D eigenvalue weighted by molar-refractivity contribution is 6.34. The number of hydrogen-bond acceptors (Lipinski definition) is 5. The summed E-state index contributed by atoms with van der Waals surface area (Å²) >= 11 is 5.96. The maximum absolute atomic E-state index is 12.3. The van der Waals surface area contributed by atoms with E-state index in [0.29, 0.717) is 22.8 Å². The van der Waals surface area contributed by atoms with Crippen LogP contribution in [0.3, 0.4) is 0 Å². The third-order valence-electron chi connectivity index (χ3n) is 3.42. The van der Waals surface area contributed by atoms with Gasteiger partial charge in [-0.05, 0) is 36.4 Å². The Kier molecular flexibility index (Phi) is 5.71. The number of halogens is 1. The van der Waals surface area contributed by atoms with Gasteiger partial charge in [0.1, 0.15) is 28.0 Å². The topological polar surface area (TPSA) is 65.0 Å². The van der Waals surface area contributed by atoms with Gasteiger partial charge in [-0.25, -0.2) is 0 Å². The van der Waals surface area contributed by atoms with Gasteiger partial charge in [0.05, 0.1) is 26.9 Å². The number of ether oxygens (including phenoxy) is 3. The lowest BCUT2D eigenvalue weighted by Crippen LogP contribution is -1.97. The average molecular weight is 349 g/mol. The van der Waals surface area contributed by atoms with Crippen molar-refractivity contribution in [3.05, 3.63) is 52.6 Å². The van der Waals surface area contributed by atoms with Crippen molar-refractivity contribution < 1.29 is 24.1 Å². The van der Waals surface area contributed by atoms with E-state index in [2.05, 4.69) is 0 Å². The quantitative estimate of drug-likeness (QED) is 0.632. The maximum atomic E-state index is 12.3. The van der Waals surface area contributed by atoms with E-state index >= 15 is 0 Å². The largest absolute Gasteiger partial charge is 0.505 e. The van der Waals surface area contributed by atoms with Crippen LogP contribution >= 0.6 is 11.6 Å². The van der Waals surface area contributed by atoms with Crippen LogP contribution in [-0.2, 0) is 0 Å². The smallest absolute Gasteiger partial charge is 0.189 e. The lowest BCUT2D eigenvalue weighted by molar-refractivity contribution is 0.104. The number of phenols is 1. The van der Waals surface area contributed by atoms with Crippen LogP contribution < -0.4 is 14.2 Å². The number of allylic oxidation sites excluding steroid dienone is 1. The Hall–Kier alpha value is -2.66. The van der Waals surface area contributed by atoms with Gasteiger partial charge >= 0.3 is 0 Å². The van der Waals surface area contributed by atoms with Crippen molar-refractivity contribution in [1.82, 2.24) is 0 Å². The van der Waals surface area contributed by atoms with Crippen LogP contribution in [0.4, 0.5) is 0 Å². The second-order valence-electron chi connectivity index (χ2n) is 4.78. The first-order valence-corrected chi connectivity index (χ1v) is 7.39. The molecular weight excluding hydrogens is 332 g/mol. The zero-order valence-corrected chi connectivity index (χ0v) is 14.3. The van der Waals surface area contributed by atoms with Gasteiger partial charge in [0, 0.05) is 11.6 Å². The van der Waals surface area contributed by atoms with Gasteiger partial charge in [-0.2, -0.15) is 0 Å². The summed E-state index contributed by atoms with van der Waals surface area (Å²) in [5.41, 5.74) is 0.787. The molecule has 126 valence electrons. The Morgan fingerprint density at radius 3 is 2.38 bits per heavy atom. The molecule has 0 amide bonds. The van der Waals surface area contributed by atoms with Gasteiger partial charge in [0.15, 0.2) is 5.78 Å². The van der Waals surface area contributed by atoms with E-state index in [9.17, 15) is 9.90 Å². The molecule has 0 aliphatic heterocycles. The van der Waals surface area contributed by atoms with Crippen molar-refractivity contribution in [1.29, 1.82) is 0 Å². The Balaban J connectivity index is 2.30. The highest BCUT2D eigenvalue weighted by Crippen LogP contribution is 2.36. The number of ketones is 1. The van der Waals surface area contributed by atoms with E-state index in [1.54, 1.807) is 31.4 Å². The Morgan fingerprint density at radius 1 is 1.04 bits per heavy atom. The summed E-state index contributed by atoms with van der Waals surface area (Å²) in [4.78, 5) is 12.3. The highest BCUT2D eigenvalue weighted by Gasteiger charge is 2.15. The SMILES string of the molecule is COc1ccc(/C=C/C(=O)c2ccc(OC)c(Cl)c2O)c(OC)c1. The first-order chi connectivity index (χ1) is 11.5. The van der Waals surface area contributed by atoms with Gasteiger partial charge in [-0.3, -0.25) is 4.79 Å². The molecule has 0 aliphatic rings. The summed E-state index contributed by atoms with van der Waals surface area (Å²) in [5.74, 6) is 0.805. The fourth-order valence-electron chi connectivity index (χ4n) is 2.11. The molecule has 1 N–H and O–H groups in total. The van der Waals surface area contributed by atoms with Crippen LogP contribution in [-0.4, -0.2) is 32.2 Å². The molecule has 6 heteroatoms. The fourth-order valence-corrected chi connectivity index (χ4v) is 2.36. The Morgan fingerprint density at radius 2 is 1.75 bits per heavy atom. The van der Waals surface area contributed by atoms with Gasteiger partial charge in [-0.15, -0.1) is 0 Å². The third-order valence-corrected chi connectivity index (χ3v) is 3.79. The van der Waals surface area contributed by atoms with E-state index in [0.717, 1.165) is 0 Å². The van der Waals surface area contributed by atoms with E-state index in [-0.39, 0.29) is 16.3 Å². The molecule has 0 heterocycles. The highest BCUT2D eigenvalue weighted by atomic mass is 35.5. The molecule has 0 atom stereocenters. The second-order valence-corrected chi connectivity index (χ2v) is 5.16. The number of hydrogen-bond donors (Lipinski definition) is 1. The normalized spacial score (nSPS) is 10.7. The van der Waals surface area contributed by atoms with Crippen LogP contribution in [0.5, 0.6) is 23.0 Å².